The lowest BCUT2D eigenvalue weighted by molar-refractivity contribution is 0.285. The Balaban J connectivity index is 2.45. The molecule has 1 atom stereocenters. The molecule has 0 bridgehead atoms. The average molecular weight is 284 g/mol. The summed E-state index contributed by atoms with van der Waals surface area (Å²) in [6.45, 7) is 7.25. The molecule has 1 N–H and O–H groups in total. The van der Waals surface area contributed by atoms with Gasteiger partial charge in [-0.15, -0.1) is 0 Å². The zero-order valence-electron chi connectivity index (χ0n) is 12.6. The highest BCUT2D eigenvalue weighted by Crippen LogP contribution is 2.32. The van der Waals surface area contributed by atoms with Gasteiger partial charge in [0.1, 0.15) is 0 Å². The SMILES string of the molecule is Cc1ccccc1[C@H](CCO)[Si](C)(C)c1ccccc1. The largest absolute Gasteiger partial charge is 0.396 e. The molecule has 2 aromatic carbocycles. The average Bonchev–Trinajstić information content (AvgIpc) is 2.46. The van der Waals surface area contributed by atoms with E-state index in [1.807, 2.05) is 0 Å². The van der Waals surface area contributed by atoms with Gasteiger partial charge in [-0.1, -0.05) is 72.9 Å². The molecular formula is C18H24OSi. The van der Waals surface area contributed by atoms with Gasteiger partial charge < -0.3 is 5.11 Å². The van der Waals surface area contributed by atoms with E-state index in [2.05, 4.69) is 74.6 Å². The van der Waals surface area contributed by atoms with Crippen LogP contribution in [-0.2, 0) is 0 Å². The third-order valence-electron chi connectivity index (χ3n) is 4.37. The van der Waals surface area contributed by atoms with Gasteiger partial charge in [0.2, 0.25) is 0 Å². The van der Waals surface area contributed by atoms with E-state index in [1.54, 1.807) is 0 Å². The molecule has 0 amide bonds. The maximum atomic E-state index is 9.52. The second-order valence-corrected chi connectivity index (χ2v) is 10.7. The molecule has 0 aliphatic heterocycles. The Hall–Kier alpha value is -1.38. The molecule has 0 spiro atoms. The van der Waals surface area contributed by atoms with Crippen LogP contribution in [0, 0.1) is 6.92 Å². The van der Waals surface area contributed by atoms with Crippen molar-refractivity contribution >= 4 is 13.3 Å². The third kappa shape index (κ3) is 3.02. The van der Waals surface area contributed by atoms with Crippen molar-refractivity contribution < 1.29 is 5.11 Å². The van der Waals surface area contributed by atoms with Crippen LogP contribution in [0.2, 0.25) is 13.1 Å². The van der Waals surface area contributed by atoms with Crippen molar-refractivity contribution in [3.8, 4) is 0 Å². The standard InChI is InChI=1S/C18H24OSi/c1-15-9-7-8-12-17(15)18(13-14-19)20(2,3)16-10-5-4-6-11-16/h4-12,18-19H,13-14H2,1-3H3/t18-/m0/s1. The Bertz CT molecular complexity index is 548. The lowest BCUT2D eigenvalue weighted by Crippen LogP contribution is -2.48. The molecule has 0 saturated carbocycles. The summed E-state index contributed by atoms with van der Waals surface area (Å²) in [6.07, 6.45) is 0.846. The molecule has 1 nitrogen and oxygen atoms in total. The molecule has 2 heteroatoms. The second kappa shape index (κ2) is 6.38. The van der Waals surface area contributed by atoms with Gasteiger partial charge in [-0.25, -0.2) is 0 Å². The minimum absolute atomic E-state index is 0.252. The topological polar surface area (TPSA) is 20.2 Å². The molecule has 0 aliphatic carbocycles. The molecule has 2 rings (SSSR count). The summed E-state index contributed by atoms with van der Waals surface area (Å²) < 4.78 is 0. The Morgan fingerprint density at radius 3 is 2.15 bits per heavy atom. The van der Waals surface area contributed by atoms with Crippen LogP contribution in [-0.4, -0.2) is 19.8 Å². The number of hydrogen-bond acceptors (Lipinski definition) is 1. The van der Waals surface area contributed by atoms with Crippen LogP contribution in [0.25, 0.3) is 0 Å². The fourth-order valence-corrected chi connectivity index (χ4v) is 6.49. The van der Waals surface area contributed by atoms with Gasteiger partial charge >= 0.3 is 0 Å². The highest BCUT2D eigenvalue weighted by Gasteiger charge is 2.34. The summed E-state index contributed by atoms with van der Waals surface area (Å²) in [5.74, 6) is 0. The van der Waals surface area contributed by atoms with E-state index >= 15 is 0 Å². The van der Waals surface area contributed by atoms with Gasteiger partial charge in [0.05, 0.1) is 8.07 Å². The van der Waals surface area contributed by atoms with E-state index in [0.29, 0.717) is 5.54 Å². The molecule has 0 unspecified atom stereocenters. The van der Waals surface area contributed by atoms with Gasteiger partial charge in [-0.2, -0.15) is 0 Å². The Kier molecular flexibility index (Phi) is 4.79. The molecule has 0 radical (unpaired) electrons. The van der Waals surface area contributed by atoms with Crippen molar-refractivity contribution in [2.75, 3.05) is 6.61 Å². The molecule has 0 aliphatic rings. The highest BCUT2D eigenvalue weighted by atomic mass is 28.3. The van der Waals surface area contributed by atoms with E-state index in [0.717, 1.165) is 6.42 Å². The zero-order valence-corrected chi connectivity index (χ0v) is 13.6. The van der Waals surface area contributed by atoms with Crippen molar-refractivity contribution in [1.29, 1.82) is 0 Å². The predicted octanol–water partition coefficient (Wildman–Crippen LogP) is 3.62. The number of aliphatic hydroxyl groups excluding tert-OH is 1. The van der Waals surface area contributed by atoms with E-state index in [9.17, 15) is 5.11 Å². The summed E-state index contributed by atoms with van der Waals surface area (Å²) in [5.41, 5.74) is 3.20. The van der Waals surface area contributed by atoms with Crippen molar-refractivity contribution in [3.05, 3.63) is 65.7 Å². The monoisotopic (exact) mass is 284 g/mol. The summed E-state index contributed by atoms with van der Waals surface area (Å²) in [6, 6.07) is 19.4. The Morgan fingerprint density at radius 2 is 1.55 bits per heavy atom. The van der Waals surface area contributed by atoms with Crippen molar-refractivity contribution in [1.82, 2.24) is 0 Å². The molecule has 0 aromatic heterocycles. The number of rotatable bonds is 5. The fourth-order valence-electron chi connectivity index (χ4n) is 3.08. The first kappa shape index (κ1) is 15.0. The van der Waals surface area contributed by atoms with Crippen LogP contribution in [0.3, 0.4) is 0 Å². The molecule has 106 valence electrons. The molecule has 2 aromatic rings. The second-order valence-electron chi connectivity index (χ2n) is 6.01. The van der Waals surface area contributed by atoms with Crippen molar-refractivity contribution in [2.24, 2.45) is 0 Å². The molecule has 0 saturated heterocycles. The van der Waals surface area contributed by atoms with E-state index in [1.165, 1.54) is 16.3 Å². The van der Waals surface area contributed by atoms with Crippen LogP contribution in [0.5, 0.6) is 0 Å². The number of hydrogen-bond donors (Lipinski definition) is 1. The third-order valence-corrected chi connectivity index (χ3v) is 8.53. The van der Waals surface area contributed by atoms with E-state index in [-0.39, 0.29) is 6.61 Å². The summed E-state index contributed by atoms with van der Waals surface area (Å²) in [4.78, 5) is 0. The maximum absolute atomic E-state index is 9.52. The Labute approximate surface area is 123 Å². The number of aryl methyl sites for hydroxylation is 1. The maximum Gasteiger partial charge on any atom is 0.0880 e. The molecular weight excluding hydrogens is 260 g/mol. The summed E-state index contributed by atoms with van der Waals surface area (Å²) in [5, 5.41) is 11.0. The fraction of sp³-hybridized carbons (Fsp3) is 0.333. The van der Waals surface area contributed by atoms with Crippen LogP contribution in [0.15, 0.2) is 54.6 Å². The quantitative estimate of drug-likeness (QED) is 0.832. The minimum atomic E-state index is -1.66. The van der Waals surface area contributed by atoms with Crippen LogP contribution in [0.4, 0.5) is 0 Å². The Morgan fingerprint density at radius 1 is 0.950 bits per heavy atom. The lowest BCUT2D eigenvalue weighted by Gasteiger charge is -2.34. The van der Waals surface area contributed by atoms with Crippen molar-refractivity contribution in [3.63, 3.8) is 0 Å². The number of aliphatic hydroxyl groups is 1. The number of benzene rings is 2. The van der Waals surface area contributed by atoms with Gasteiger partial charge in [-0.3, -0.25) is 0 Å². The first-order chi connectivity index (χ1) is 9.57. The van der Waals surface area contributed by atoms with Crippen LogP contribution in [0.1, 0.15) is 23.1 Å². The molecule has 0 fully saturated rings. The van der Waals surface area contributed by atoms with Gasteiger partial charge in [0.15, 0.2) is 0 Å². The van der Waals surface area contributed by atoms with Gasteiger partial charge in [0, 0.05) is 6.61 Å². The molecule has 0 heterocycles. The smallest absolute Gasteiger partial charge is 0.0880 e. The first-order valence-corrected chi connectivity index (χ1v) is 10.4. The van der Waals surface area contributed by atoms with Crippen LogP contribution >= 0.6 is 0 Å². The zero-order chi connectivity index (χ0) is 14.6. The highest BCUT2D eigenvalue weighted by molar-refractivity contribution is 6.90. The van der Waals surface area contributed by atoms with E-state index in [4.69, 9.17) is 0 Å². The minimum Gasteiger partial charge on any atom is -0.396 e. The predicted molar refractivity (Wildman–Crippen MR) is 89.2 cm³/mol. The van der Waals surface area contributed by atoms with Gasteiger partial charge in [-0.05, 0) is 30.0 Å². The van der Waals surface area contributed by atoms with Crippen molar-refractivity contribution in [2.45, 2.75) is 32.0 Å². The summed E-state index contributed by atoms with van der Waals surface area (Å²) in [7, 11) is -1.66. The lowest BCUT2D eigenvalue weighted by atomic mass is 10.0. The van der Waals surface area contributed by atoms with Gasteiger partial charge in [0.25, 0.3) is 0 Å². The summed E-state index contributed by atoms with van der Waals surface area (Å²) >= 11 is 0. The first-order valence-electron chi connectivity index (χ1n) is 7.29. The van der Waals surface area contributed by atoms with Crippen LogP contribution < -0.4 is 5.19 Å². The normalized spacial score (nSPS) is 13.2. The molecule has 20 heavy (non-hydrogen) atoms. The van der Waals surface area contributed by atoms with E-state index < -0.39 is 8.07 Å².